The van der Waals surface area contributed by atoms with E-state index < -0.39 is 0 Å². The van der Waals surface area contributed by atoms with Gasteiger partial charge < -0.3 is 10.2 Å². The molecule has 1 saturated heterocycles. The zero-order valence-electron chi connectivity index (χ0n) is 13.0. The Labute approximate surface area is 131 Å². The van der Waals surface area contributed by atoms with Crippen molar-refractivity contribution in [1.82, 2.24) is 10.3 Å². The predicted octanol–water partition coefficient (Wildman–Crippen LogP) is 3.28. The van der Waals surface area contributed by atoms with Gasteiger partial charge in [-0.1, -0.05) is 25.1 Å². The molecule has 112 valence electrons. The Bertz CT molecular complexity index is 628. The highest BCUT2D eigenvalue weighted by molar-refractivity contribution is 8.00. The Morgan fingerprint density at radius 2 is 2.14 bits per heavy atom. The van der Waals surface area contributed by atoms with Crippen molar-refractivity contribution in [2.24, 2.45) is 0 Å². The first-order valence-corrected chi connectivity index (χ1v) is 8.67. The van der Waals surface area contributed by atoms with Crippen molar-refractivity contribution >= 4 is 28.5 Å². The van der Waals surface area contributed by atoms with Crippen LogP contribution in [-0.4, -0.2) is 35.6 Å². The maximum atomic E-state index is 4.92. The van der Waals surface area contributed by atoms with Crippen molar-refractivity contribution in [1.29, 1.82) is 0 Å². The topological polar surface area (TPSA) is 28.2 Å². The van der Waals surface area contributed by atoms with E-state index in [-0.39, 0.29) is 0 Å². The lowest BCUT2D eigenvalue weighted by Crippen LogP contribution is -2.45. The Balaban J connectivity index is 2.06. The van der Waals surface area contributed by atoms with E-state index in [2.05, 4.69) is 66.2 Å². The van der Waals surface area contributed by atoms with Crippen LogP contribution in [0.25, 0.3) is 10.9 Å². The smallest absolute Gasteiger partial charge is 0.129 e. The molecule has 0 bridgehead atoms. The number of rotatable bonds is 3. The summed E-state index contributed by atoms with van der Waals surface area (Å²) in [6.07, 6.45) is 0. The lowest BCUT2D eigenvalue weighted by molar-refractivity contribution is 0.621. The van der Waals surface area contributed by atoms with Crippen LogP contribution >= 0.6 is 11.8 Å². The molecule has 21 heavy (non-hydrogen) atoms. The molecule has 0 amide bonds. The van der Waals surface area contributed by atoms with Crippen LogP contribution in [0.2, 0.25) is 0 Å². The van der Waals surface area contributed by atoms with Crippen LogP contribution < -0.4 is 10.2 Å². The van der Waals surface area contributed by atoms with Gasteiger partial charge in [0.15, 0.2) is 0 Å². The average Bonchev–Trinajstić information content (AvgIpc) is 2.50. The third-order valence-corrected chi connectivity index (χ3v) is 5.67. The fourth-order valence-corrected chi connectivity index (χ4v) is 4.07. The first-order valence-electron chi connectivity index (χ1n) is 7.62. The standard InChI is InChI=1S/C17H23N3S/c1-12-13(2)21-9-8-20(12)17-10-14(11-18-3)15-6-4-5-7-16(15)19-17/h4-7,10,12-13,18H,8-9,11H2,1-3H3. The van der Waals surface area contributed by atoms with Crippen LogP contribution in [0.3, 0.4) is 0 Å². The van der Waals surface area contributed by atoms with Crippen molar-refractivity contribution in [2.45, 2.75) is 31.7 Å². The minimum Gasteiger partial charge on any atom is -0.352 e. The summed E-state index contributed by atoms with van der Waals surface area (Å²) in [7, 11) is 2.00. The van der Waals surface area contributed by atoms with E-state index in [0.717, 1.165) is 24.4 Å². The largest absolute Gasteiger partial charge is 0.352 e. The third kappa shape index (κ3) is 2.87. The molecule has 1 fully saturated rings. The molecule has 1 aliphatic rings. The number of pyridine rings is 1. The van der Waals surface area contributed by atoms with E-state index in [1.165, 1.54) is 16.7 Å². The van der Waals surface area contributed by atoms with Crippen molar-refractivity contribution in [3.63, 3.8) is 0 Å². The van der Waals surface area contributed by atoms with Gasteiger partial charge in [-0.05, 0) is 31.7 Å². The summed E-state index contributed by atoms with van der Waals surface area (Å²) in [4.78, 5) is 7.38. The number of para-hydroxylation sites is 1. The van der Waals surface area contributed by atoms with E-state index >= 15 is 0 Å². The first-order chi connectivity index (χ1) is 10.2. The normalized spacial score (nSPS) is 22.7. The number of fused-ring (bicyclic) bond motifs is 1. The number of thioether (sulfide) groups is 1. The third-order valence-electron chi connectivity index (χ3n) is 4.33. The molecule has 1 aromatic heterocycles. The Hall–Kier alpha value is -1.26. The minimum atomic E-state index is 0.528. The van der Waals surface area contributed by atoms with Crippen molar-refractivity contribution in [3.8, 4) is 0 Å². The molecule has 2 unspecified atom stereocenters. The van der Waals surface area contributed by atoms with Gasteiger partial charge in [0.05, 0.1) is 5.52 Å². The molecule has 2 aromatic rings. The maximum Gasteiger partial charge on any atom is 0.129 e. The predicted molar refractivity (Wildman–Crippen MR) is 93.2 cm³/mol. The van der Waals surface area contributed by atoms with E-state index in [4.69, 9.17) is 4.98 Å². The second-order valence-corrected chi connectivity index (χ2v) is 7.18. The summed E-state index contributed by atoms with van der Waals surface area (Å²) in [5, 5.41) is 5.18. The Morgan fingerprint density at radius 1 is 1.33 bits per heavy atom. The number of hydrogen-bond acceptors (Lipinski definition) is 4. The van der Waals surface area contributed by atoms with Crippen LogP contribution in [0.15, 0.2) is 30.3 Å². The zero-order valence-corrected chi connectivity index (χ0v) is 13.8. The Morgan fingerprint density at radius 3 is 2.95 bits per heavy atom. The summed E-state index contributed by atoms with van der Waals surface area (Å²) in [6, 6.07) is 11.2. The molecule has 0 saturated carbocycles. The Kier molecular flexibility index (Phi) is 4.36. The van der Waals surface area contributed by atoms with E-state index in [1.54, 1.807) is 0 Å². The first kappa shape index (κ1) is 14.7. The second-order valence-electron chi connectivity index (χ2n) is 5.70. The van der Waals surface area contributed by atoms with Gasteiger partial charge in [-0.3, -0.25) is 0 Å². The van der Waals surface area contributed by atoms with E-state index in [9.17, 15) is 0 Å². The minimum absolute atomic E-state index is 0.528. The number of benzene rings is 1. The number of nitrogens with zero attached hydrogens (tertiary/aromatic N) is 2. The number of nitrogens with one attached hydrogen (secondary N) is 1. The van der Waals surface area contributed by atoms with E-state index in [1.807, 2.05) is 7.05 Å². The molecule has 1 N–H and O–H groups in total. The van der Waals surface area contributed by atoms with Crippen LogP contribution in [0.1, 0.15) is 19.4 Å². The van der Waals surface area contributed by atoms with E-state index in [0.29, 0.717) is 11.3 Å². The molecule has 3 nitrogen and oxygen atoms in total. The van der Waals surface area contributed by atoms with Crippen LogP contribution in [-0.2, 0) is 6.54 Å². The SMILES string of the molecule is CNCc1cc(N2CCSC(C)C2C)nc2ccccc12. The van der Waals surface area contributed by atoms with Crippen LogP contribution in [0.4, 0.5) is 5.82 Å². The summed E-state index contributed by atoms with van der Waals surface area (Å²) >= 11 is 2.06. The number of hydrogen-bond donors (Lipinski definition) is 1. The zero-order chi connectivity index (χ0) is 14.8. The van der Waals surface area contributed by atoms with Gasteiger partial charge in [0.25, 0.3) is 0 Å². The molecule has 1 aromatic carbocycles. The van der Waals surface area contributed by atoms with Crippen molar-refractivity contribution in [2.75, 3.05) is 24.2 Å². The highest BCUT2D eigenvalue weighted by Gasteiger charge is 2.26. The number of anilines is 1. The molecule has 2 heterocycles. The summed E-state index contributed by atoms with van der Waals surface area (Å²) in [5.74, 6) is 2.31. The molecular weight excluding hydrogens is 278 g/mol. The fourth-order valence-electron chi connectivity index (χ4n) is 2.97. The maximum absolute atomic E-state index is 4.92. The van der Waals surface area contributed by atoms with Crippen molar-refractivity contribution in [3.05, 3.63) is 35.9 Å². The molecule has 2 atom stereocenters. The quantitative estimate of drug-likeness (QED) is 0.941. The molecule has 4 heteroatoms. The van der Waals surface area contributed by atoms with Gasteiger partial charge >= 0.3 is 0 Å². The molecule has 0 spiro atoms. The molecule has 1 aliphatic heterocycles. The summed E-state index contributed by atoms with van der Waals surface area (Å²) in [5.41, 5.74) is 2.43. The molecule has 3 rings (SSSR count). The molecule has 0 radical (unpaired) electrons. The van der Waals surface area contributed by atoms with Crippen molar-refractivity contribution < 1.29 is 0 Å². The number of aromatic nitrogens is 1. The second kappa shape index (κ2) is 6.24. The summed E-state index contributed by atoms with van der Waals surface area (Å²) in [6.45, 7) is 6.59. The molecule has 0 aliphatic carbocycles. The summed E-state index contributed by atoms with van der Waals surface area (Å²) < 4.78 is 0. The van der Waals surface area contributed by atoms with Gasteiger partial charge in [0, 0.05) is 35.5 Å². The van der Waals surface area contributed by atoms with Gasteiger partial charge in [0.2, 0.25) is 0 Å². The van der Waals surface area contributed by atoms with Gasteiger partial charge in [0.1, 0.15) is 5.82 Å². The monoisotopic (exact) mass is 301 g/mol. The van der Waals surface area contributed by atoms with Crippen LogP contribution in [0, 0.1) is 0 Å². The lowest BCUT2D eigenvalue weighted by Gasteiger charge is -2.38. The lowest BCUT2D eigenvalue weighted by atomic mass is 10.1. The average molecular weight is 301 g/mol. The van der Waals surface area contributed by atoms with Gasteiger partial charge in [-0.25, -0.2) is 4.98 Å². The fraction of sp³-hybridized carbons (Fsp3) is 0.471. The van der Waals surface area contributed by atoms with Gasteiger partial charge in [-0.2, -0.15) is 11.8 Å². The highest BCUT2D eigenvalue weighted by atomic mass is 32.2. The van der Waals surface area contributed by atoms with Crippen LogP contribution in [0.5, 0.6) is 0 Å². The van der Waals surface area contributed by atoms with Gasteiger partial charge in [-0.15, -0.1) is 0 Å². The highest BCUT2D eigenvalue weighted by Crippen LogP contribution is 2.30. The molecular formula is C17H23N3S.